The monoisotopic (exact) mass is 353 g/mol. The van der Waals surface area contributed by atoms with Crippen LogP contribution in [0.15, 0.2) is 18.2 Å². The number of carbonyl (C=O) groups excluding carboxylic acids is 2. The molecular formula is C17H21ClFN3O2. The van der Waals surface area contributed by atoms with Crippen molar-refractivity contribution < 1.29 is 14.0 Å². The Morgan fingerprint density at radius 1 is 1.29 bits per heavy atom. The number of carbonyl (C=O) groups is 2. The van der Waals surface area contributed by atoms with E-state index in [9.17, 15) is 14.0 Å². The third kappa shape index (κ3) is 3.70. The molecule has 7 heteroatoms. The summed E-state index contributed by atoms with van der Waals surface area (Å²) < 4.78 is 14.1. The van der Waals surface area contributed by atoms with Gasteiger partial charge in [0.1, 0.15) is 5.82 Å². The molecule has 0 aliphatic carbocycles. The van der Waals surface area contributed by atoms with Crippen LogP contribution in [0, 0.1) is 5.82 Å². The van der Waals surface area contributed by atoms with Gasteiger partial charge in [-0.1, -0.05) is 17.7 Å². The topological polar surface area (TPSA) is 52.7 Å². The minimum absolute atomic E-state index is 0.0146. The molecule has 0 spiro atoms. The molecule has 0 radical (unpaired) electrons. The molecule has 1 atom stereocenters. The molecular weight excluding hydrogens is 333 g/mol. The fourth-order valence-electron chi connectivity index (χ4n) is 3.32. The molecule has 24 heavy (non-hydrogen) atoms. The Kier molecular flexibility index (Phi) is 5.36. The predicted molar refractivity (Wildman–Crippen MR) is 89.0 cm³/mol. The van der Waals surface area contributed by atoms with Gasteiger partial charge < -0.3 is 10.2 Å². The minimum atomic E-state index is -0.581. The van der Waals surface area contributed by atoms with Gasteiger partial charge in [0.25, 0.3) is 0 Å². The van der Waals surface area contributed by atoms with Gasteiger partial charge in [-0.3, -0.25) is 14.5 Å². The van der Waals surface area contributed by atoms with Crippen molar-refractivity contribution in [2.75, 3.05) is 26.2 Å². The van der Waals surface area contributed by atoms with Crippen LogP contribution < -0.4 is 5.32 Å². The van der Waals surface area contributed by atoms with Gasteiger partial charge in [-0.05, 0) is 25.0 Å². The van der Waals surface area contributed by atoms with Gasteiger partial charge in [0.05, 0.1) is 12.5 Å². The van der Waals surface area contributed by atoms with Crippen molar-refractivity contribution in [2.24, 2.45) is 0 Å². The second-order valence-corrected chi connectivity index (χ2v) is 6.68. The van der Waals surface area contributed by atoms with Crippen LogP contribution in [0.4, 0.5) is 4.39 Å². The number of nitrogens with zero attached hydrogens (tertiary/aromatic N) is 2. The molecule has 2 heterocycles. The van der Waals surface area contributed by atoms with Crippen LogP contribution >= 0.6 is 11.6 Å². The quantitative estimate of drug-likeness (QED) is 0.898. The SMILES string of the molecule is O=C1NCCN(Cc2c(F)cccc2Cl)[C@H]1CC(=O)N1CCCC1. The fourth-order valence-corrected chi connectivity index (χ4v) is 3.54. The Morgan fingerprint density at radius 2 is 2.04 bits per heavy atom. The molecule has 130 valence electrons. The van der Waals surface area contributed by atoms with Crippen LogP contribution in [0.3, 0.4) is 0 Å². The molecule has 0 saturated carbocycles. The smallest absolute Gasteiger partial charge is 0.237 e. The lowest BCUT2D eigenvalue weighted by molar-refractivity contribution is -0.138. The molecule has 1 aromatic carbocycles. The van der Waals surface area contributed by atoms with E-state index in [2.05, 4.69) is 5.32 Å². The maximum atomic E-state index is 14.1. The van der Waals surface area contributed by atoms with E-state index in [0.717, 1.165) is 25.9 Å². The summed E-state index contributed by atoms with van der Waals surface area (Å²) in [5.74, 6) is -0.585. The van der Waals surface area contributed by atoms with Crippen LogP contribution in [0.5, 0.6) is 0 Å². The first-order chi connectivity index (χ1) is 11.6. The van der Waals surface area contributed by atoms with E-state index >= 15 is 0 Å². The highest BCUT2D eigenvalue weighted by Gasteiger charge is 2.34. The summed E-state index contributed by atoms with van der Waals surface area (Å²) in [5.41, 5.74) is 0.368. The number of nitrogens with one attached hydrogen (secondary N) is 1. The molecule has 5 nitrogen and oxygen atoms in total. The molecule has 3 rings (SSSR count). The highest BCUT2D eigenvalue weighted by atomic mass is 35.5. The molecule has 0 bridgehead atoms. The lowest BCUT2D eigenvalue weighted by Crippen LogP contribution is -2.56. The first-order valence-electron chi connectivity index (χ1n) is 8.28. The van der Waals surface area contributed by atoms with Gasteiger partial charge in [0.15, 0.2) is 0 Å². The zero-order chi connectivity index (χ0) is 17.1. The highest BCUT2D eigenvalue weighted by Crippen LogP contribution is 2.23. The Balaban J connectivity index is 1.74. The summed E-state index contributed by atoms with van der Waals surface area (Å²) in [5, 5.41) is 3.13. The third-order valence-corrected chi connectivity index (χ3v) is 5.05. The van der Waals surface area contributed by atoms with E-state index in [0.29, 0.717) is 23.7 Å². The summed E-state index contributed by atoms with van der Waals surface area (Å²) in [4.78, 5) is 28.3. The van der Waals surface area contributed by atoms with E-state index in [1.807, 2.05) is 4.90 Å². The molecule has 2 amide bonds. The highest BCUT2D eigenvalue weighted by molar-refractivity contribution is 6.31. The molecule has 2 aliphatic rings. The lowest BCUT2D eigenvalue weighted by atomic mass is 10.1. The van der Waals surface area contributed by atoms with Gasteiger partial charge in [0, 0.05) is 43.3 Å². The standard InChI is InChI=1S/C17H21ClFN3O2/c18-13-4-3-5-14(19)12(13)11-22-9-6-20-17(24)15(22)10-16(23)21-7-1-2-8-21/h3-5,15H,1-2,6-11H2,(H,20,24)/t15-/m0/s1. The van der Waals surface area contributed by atoms with Crippen molar-refractivity contribution in [1.82, 2.24) is 15.1 Å². The second kappa shape index (κ2) is 7.49. The van der Waals surface area contributed by atoms with Crippen molar-refractivity contribution in [3.05, 3.63) is 34.6 Å². The Bertz CT molecular complexity index is 614. The van der Waals surface area contributed by atoms with Gasteiger partial charge in [-0.25, -0.2) is 4.39 Å². The summed E-state index contributed by atoms with van der Waals surface area (Å²) in [7, 11) is 0. The number of benzene rings is 1. The normalized spacial score (nSPS) is 21.8. The largest absolute Gasteiger partial charge is 0.353 e. The summed E-state index contributed by atoms with van der Waals surface area (Å²) >= 11 is 6.10. The van der Waals surface area contributed by atoms with Crippen molar-refractivity contribution >= 4 is 23.4 Å². The molecule has 1 aromatic rings. The zero-order valence-corrected chi connectivity index (χ0v) is 14.2. The summed E-state index contributed by atoms with van der Waals surface area (Å²) in [6.45, 7) is 2.78. The number of piperazine rings is 1. The molecule has 1 N–H and O–H groups in total. The Hall–Kier alpha value is -1.66. The van der Waals surface area contributed by atoms with Gasteiger partial charge in [-0.2, -0.15) is 0 Å². The Morgan fingerprint density at radius 3 is 2.75 bits per heavy atom. The van der Waals surface area contributed by atoms with E-state index in [1.165, 1.54) is 6.07 Å². The first-order valence-corrected chi connectivity index (χ1v) is 8.66. The first kappa shape index (κ1) is 17.2. The van der Waals surface area contributed by atoms with Crippen LogP contribution in [-0.2, 0) is 16.1 Å². The van der Waals surface area contributed by atoms with Crippen LogP contribution in [0.1, 0.15) is 24.8 Å². The third-order valence-electron chi connectivity index (χ3n) is 4.69. The van der Waals surface area contributed by atoms with Gasteiger partial charge >= 0.3 is 0 Å². The van der Waals surface area contributed by atoms with E-state index in [4.69, 9.17) is 11.6 Å². The lowest BCUT2D eigenvalue weighted by Gasteiger charge is -2.35. The summed E-state index contributed by atoms with van der Waals surface area (Å²) in [6, 6.07) is 3.96. The number of amides is 2. The second-order valence-electron chi connectivity index (χ2n) is 6.27. The average molecular weight is 354 g/mol. The Labute approximate surface area is 145 Å². The maximum absolute atomic E-state index is 14.1. The number of likely N-dealkylation sites (tertiary alicyclic amines) is 1. The number of hydrogen-bond acceptors (Lipinski definition) is 3. The van der Waals surface area contributed by atoms with Crippen LogP contribution in [-0.4, -0.2) is 53.8 Å². The number of hydrogen-bond donors (Lipinski definition) is 1. The minimum Gasteiger partial charge on any atom is -0.353 e. The fraction of sp³-hybridized carbons (Fsp3) is 0.529. The van der Waals surface area contributed by atoms with Gasteiger partial charge in [0.2, 0.25) is 11.8 Å². The molecule has 0 unspecified atom stereocenters. The van der Waals surface area contributed by atoms with Crippen molar-refractivity contribution in [3.63, 3.8) is 0 Å². The summed E-state index contributed by atoms with van der Waals surface area (Å²) in [6.07, 6.45) is 2.15. The zero-order valence-electron chi connectivity index (χ0n) is 13.4. The van der Waals surface area contributed by atoms with Gasteiger partial charge in [-0.15, -0.1) is 0 Å². The van der Waals surface area contributed by atoms with E-state index in [1.54, 1.807) is 17.0 Å². The van der Waals surface area contributed by atoms with E-state index < -0.39 is 11.9 Å². The van der Waals surface area contributed by atoms with Crippen molar-refractivity contribution in [1.29, 1.82) is 0 Å². The van der Waals surface area contributed by atoms with Crippen molar-refractivity contribution in [3.8, 4) is 0 Å². The van der Waals surface area contributed by atoms with E-state index in [-0.39, 0.29) is 24.8 Å². The molecule has 2 fully saturated rings. The molecule has 2 aliphatic heterocycles. The number of halogens is 2. The van der Waals surface area contributed by atoms with Crippen molar-refractivity contribution in [2.45, 2.75) is 31.8 Å². The predicted octanol–water partition coefficient (Wildman–Crippen LogP) is 1.79. The number of rotatable bonds is 4. The maximum Gasteiger partial charge on any atom is 0.237 e. The molecule has 2 saturated heterocycles. The van der Waals surface area contributed by atoms with Crippen LogP contribution in [0.25, 0.3) is 0 Å². The molecule has 0 aromatic heterocycles. The average Bonchev–Trinajstić information content (AvgIpc) is 3.08. The van der Waals surface area contributed by atoms with Crippen LogP contribution in [0.2, 0.25) is 5.02 Å².